The van der Waals surface area contributed by atoms with E-state index in [2.05, 4.69) is 10.2 Å². The Hall–Kier alpha value is -1.62. The van der Waals surface area contributed by atoms with Gasteiger partial charge >= 0.3 is 5.97 Å². The highest BCUT2D eigenvalue weighted by Gasteiger charge is 2.14. The first-order chi connectivity index (χ1) is 6.68. The number of H-pyrrole nitrogens is 1. The summed E-state index contributed by atoms with van der Waals surface area (Å²) >= 11 is 1.58. The van der Waals surface area contributed by atoms with Gasteiger partial charge in [0.15, 0.2) is 0 Å². The van der Waals surface area contributed by atoms with E-state index in [-0.39, 0.29) is 5.56 Å². The van der Waals surface area contributed by atoms with Crippen molar-refractivity contribution in [2.45, 2.75) is 6.92 Å². The zero-order valence-corrected chi connectivity index (χ0v) is 8.26. The van der Waals surface area contributed by atoms with Crippen molar-refractivity contribution >= 4 is 17.3 Å². The topological polar surface area (TPSA) is 66.0 Å². The van der Waals surface area contributed by atoms with Gasteiger partial charge in [-0.2, -0.15) is 5.10 Å². The zero-order chi connectivity index (χ0) is 10.1. The van der Waals surface area contributed by atoms with Crippen LogP contribution in [0.3, 0.4) is 0 Å². The molecular formula is C9H8N2O2S. The van der Waals surface area contributed by atoms with Crippen molar-refractivity contribution < 1.29 is 9.90 Å². The van der Waals surface area contributed by atoms with E-state index in [1.54, 1.807) is 11.3 Å². The van der Waals surface area contributed by atoms with Gasteiger partial charge in [0.25, 0.3) is 0 Å². The number of hydrogen-bond acceptors (Lipinski definition) is 3. The van der Waals surface area contributed by atoms with Crippen molar-refractivity contribution in [2.75, 3.05) is 0 Å². The third-order valence-corrected chi connectivity index (χ3v) is 2.75. The molecular weight excluding hydrogens is 200 g/mol. The molecule has 0 saturated carbocycles. The summed E-state index contributed by atoms with van der Waals surface area (Å²) in [5.74, 6) is -0.961. The second kappa shape index (κ2) is 3.26. The van der Waals surface area contributed by atoms with Gasteiger partial charge in [-0.1, -0.05) is 0 Å². The predicted octanol–water partition coefficient (Wildman–Crippen LogP) is 2.14. The Morgan fingerprint density at radius 3 is 3.00 bits per heavy atom. The molecule has 0 radical (unpaired) electrons. The summed E-state index contributed by atoms with van der Waals surface area (Å²) in [6.07, 6.45) is 1.32. The second-order valence-electron chi connectivity index (χ2n) is 2.91. The van der Waals surface area contributed by atoms with Crippen LogP contribution in [0.1, 0.15) is 15.2 Å². The van der Waals surface area contributed by atoms with E-state index in [1.807, 2.05) is 18.4 Å². The molecule has 2 heterocycles. The second-order valence-corrected chi connectivity index (χ2v) is 4.03. The number of carbonyl (C=O) groups is 1. The van der Waals surface area contributed by atoms with E-state index in [0.717, 1.165) is 10.4 Å². The molecule has 0 fully saturated rings. The highest BCUT2D eigenvalue weighted by molar-refractivity contribution is 7.10. The average Bonchev–Trinajstić information content (AvgIpc) is 2.70. The summed E-state index contributed by atoms with van der Waals surface area (Å²) in [6, 6.07) is 1.94. The molecule has 0 aliphatic carbocycles. The predicted molar refractivity (Wildman–Crippen MR) is 53.6 cm³/mol. The Kier molecular flexibility index (Phi) is 2.09. The average molecular weight is 208 g/mol. The van der Waals surface area contributed by atoms with Crippen molar-refractivity contribution in [3.63, 3.8) is 0 Å². The number of aromatic nitrogens is 2. The molecule has 0 atom stereocenters. The molecule has 0 aromatic carbocycles. The Morgan fingerprint density at radius 2 is 2.43 bits per heavy atom. The summed E-state index contributed by atoms with van der Waals surface area (Å²) in [6.45, 7) is 1.98. The smallest absolute Gasteiger partial charge is 0.339 e. The minimum Gasteiger partial charge on any atom is -0.478 e. The highest BCUT2D eigenvalue weighted by Crippen LogP contribution is 2.25. The van der Waals surface area contributed by atoms with Crippen LogP contribution >= 0.6 is 11.3 Å². The van der Waals surface area contributed by atoms with Gasteiger partial charge in [0.1, 0.15) is 5.56 Å². The lowest BCUT2D eigenvalue weighted by molar-refractivity contribution is 0.0698. The summed E-state index contributed by atoms with van der Waals surface area (Å²) in [4.78, 5) is 12.0. The summed E-state index contributed by atoms with van der Waals surface area (Å²) in [5, 5.41) is 17.2. The SMILES string of the molecule is Cc1cc(-c2[nH]ncc2C(=O)O)cs1. The van der Waals surface area contributed by atoms with Crippen LogP contribution in [0.25, 0.3) is 11.3 Å². The fraction of sp³-hybridized carbons (Fsp3) is 0.111. The number of rotatable bonds is 2. The lowest BCUT2D eigenvalue weighted by Gasteiger charge is -1.93. The summed E-state index contributed by atoms with van der Waals surface area (Å²) in [7, 11) is 0. The lowest BCUT2D eigenvalue weighted by Crippen LogP contribution is -1.95. The number of nitrogens with zero attached hydrogens (tertiary/aromatic N) is 1. The molecule has 0 spiro atoms. The van der Waals surface area contributed by atoms with Crippen LogP contribution in [0, 0.1) is 6.92 Å². The van der Waals surface area contributed by atoms with E-state index in [1.165, 1.54) is 6.20 Å². The van der Waals surface area contributed by atoms with Crippen molar-refractivity contribution in [1.82, 2.24) is 10.2 Å². The Bertz CT molecular complexity index is 473. The van der Waals surface area contributed by atoms with Crippen molar-refractivity contribution in [2.24, 2.45) is 0 Å². The molecule has 4 nitrogen and oxygen atoms in total. The van der Waals surface area contributed by atoms with Gasteiger partial charge in [-0.25, -0.2) is 4.79 Å². The van der Waals surface area contributed by atoms with Gasteiger partial charge in [-0.3, -0.25) is 5.10 Å². The van der Waals surface area contributed by atoms with E-state index < -0.39 is 5.97 Å². The molecule has 5 heteroatoms. The van der Waals surface area contributed by atoms with Crippen LogP contribution in [-0.4, -0.2) is 21.3 Å². The number of nitrogens with one attached hydrogen (secondary N) is 1. The fourth-order valence-corrected chi connectivity index (χ4v) is 1.94. The summed E-state index contributed by atoms with van der Waals surface area (Å²) < 4.78 is 0. The molecule has 2 N–H and O–H groups in total. The Balaban J connectivity index is 2.51. The van der Waals surface area contributed by atoms with Crippen molar-refractivity contribution in [3.05, 3.63) is 28.1 Å². The van der Waals surface area contributed by atoms with E-state index in [0.29, 0.717) is 5.69 Å². The molecule has 2 aromatic heterocycles. The van der Waals surface area contributed by atoms with Gasteiger partial charge in [0, 0.05) is 15.8 Å². The van der Waals surface area contributed by atoms with Gasteiger partial charge in [-0.15, -0.1) is 11.3 Å². The Morgan fingerprint density at radius 1 is 1.64 bits per heavy atom. The third kappa shape index (κ3) is 1.42. The molecule has 0 unspecified atom stereocenters. The number of hydrogen-bond donors (Lipinski definition) is 2. The maximum absolute atomic E-state index is 10.8. The fourth-order valence-electron chi connectivity index (χ4n) is 1.24. The van der Waals surface area contributed by atoms with Crippen LogP contribution in [0.2, 0.25) is 0 Å². The number of aromatic carboxylic acids is 1. The number of thiophene rings is 1. The van der Waals surface area contributed by atoms with Crippen LogP contribution in [0.15, 0.2) is 17.6 Å². The standard InChI is InChI=1S/C9H8N2O2S/c1-5-2-6(4-14-5)8-7(9(12)13)3-10-11-8/h2-4H,1H3,(H,10,11)(H,12,13). The normalized spacial score (nSPS) is 10.4. The van der Waals surface area contributed by atoms with E-state index in [9.17, 15) is 4.79 Å². The van der Waals surface area contributed by atoms with Gasteiger partial charge in [0.05, 0.1) is 11.9 Å². The minimum absolute atomic E-state index is 0.211. The quantitative estimate of drug-likeness (QED) is 0.794. The molecule has 0 aliphatic heterocycles. The van der Waals surface area contributed by atoms with Gasteiger partial charge in [-0.05, 0) is 13.0 Å². The molecule has 72 valence electrons. The molecule has 0 amide bonds. The first kappa shape index (κ1) is 8.96. The van der Waals surface area contributed by atoms with E-state index in [4.69, 9.17) is 5.11 Å². The van der Waals surface area contributed by atoms with Gasteiger partial charge < -0.3 is 5.11 Å². The number of carboxylic acid groups (broad SMARTS) is 1. The van der Waals surface area contributed by atoms with Crippen molar-refractivity contribution in [3.8, 4) is 11.3 Å². The molecule has 0 bridgehead atoms. The molecule has 2 aromatic rings. The van der Waals surface area contributed by atoms with Crippen LogP contribution in [-0.2, 0) is 0 Å². The van der Waals surface area contributed by atoms with Crippen LogP contribution in [0.4, 0.5) is 0 Å². The van der Waals surface area contributed by atoms with Crippen LogP contribution in [0.5, 0.6) is 0 Å². The number of aromatic amines is 1. The first-order valence-electron chi connectivity index (χ1n) is 4.00. The molecule has 0 aliphatic rings. The van der Waals surface area contributed by atoms with E-state index >= 15 is 0 Å². The monoisotopic (exact) mass is 208 g/mol. The largest absolute Gasteiger partial charge is 0.478 e. The number of carboxylic acids is 1. The Labute approximate surface area is 84.2 Å². The third-order valence-electron chi connectivity index (χ3n) is 1.89. The maximum atomic E-state index is 10.8. The van der Waals surface area contributed by atoms with Gasteiger partial charge in [0.2, 0.25) is 0 Å². The van der Waals surface area contributed by atoms with Crippen LogP contribution < -0.4 is 0 Å². The first-order valence-corrected chi connectivity index (χ1v) is 4.88. The molecule has 2 rings (SSSR count). The van der Waals surface area contributed by atoms with Crippen molar-refractivity contribution in [1.29, 1.82) is 0 Å². The zero-order valence-electron chi connectivity index (χ0n) is 7.44. The highest BCUT2D eigenvalue weighted by atomic mass is 32.1. The summed E-state index contributed by atoms with van der Waals surface area (Å²) in [5.41, 5.74) is 1.66. The molecule has 0 saturated heterocycles. The molecule has 14 heavy (non-hydrogen) atoms. The lowest BCUT2D eigenvalue weighted by atomic mass is 10.1. The number of aryl methyl sites for hydroxylation is 1. The minimum atomic E-state index is -0.961. The maximum Gasteiger partial charge on any atom is 0.339 e.